The quantitative estimate of drug-likeness (QED) is 0.639. The lowest BCUT2D eigenvalue weighted by Gasteiger charge is -2.21. The molecule has 7 nitrogen and oxygen atoms in total. The first kappa shape index (κ1) is 13.1. The number of hydrogen-bond acceptors (Lipinski definition) is 6. The summed E-state index contributed by atoms with van der Waals surface area (Å²) in [5.74, 6) is 0.153. The minimum absolute atomic E-state index is 0.0146. The van der Waals surface area contributed by atoms with Crippen LogP contribution in [0.4, 0.5) is 11.5 Å². The van der Waals surface area contributed by atoms with Crippen molar-refractivity contribution in [3.8, 4) is 5.88 Å². The highest BCUT2D eigenvalue weighted by atomic mass is 16.6. The van der Waals surface area contributed by atoms with Crippen LogP contribution in [0.3, 0.4) is 0 Å². The molecular weight excluding hydrogens is 224 g/mol. The lowest BCUT2D eigenvalue weighted by atomic mass is 10.1. The molecule has 0 aromatic carbocycles. The summed E-state index contributed by atoms with van der Waals surface area (Å²) in [6.45, 7) is 7.72. The van der Waals surface area contributed by atoms with Crippen molar-refractivity contribution in [2.45, 2.75) is 33.2 Å². The molecule has 0 amide bonds. The molecule has 1 rings (SSSR count). The largest absolute Gasteiger partial charge is 0.473 e. The molecular formula is C10H16N4O3. The van der Waals surface area contributed by atoms with E-state index in [0.29, 0.717) is 6.61 Å². The molecule has 7 heteroatoms. The predicted molar refractivity (Wildman–Crippen MR) is 63.2 cm³/mol. The summed E-state index contributed by atoms with van der Waals surface area (Å²) in [7, 11) is 0. The Morgan fingerprint density at radius 2 is 2.12 bits per heavy atom. The van der Waals surface area contributed by atoms with Gasteiger partial charge in [-0.25, -0.2) is 4.98 Å². The number of aromatic nitrogens is 2. The highest BCUT2D eigenvalue weighted by Crippen LogP contribution is 2.32. The molecule has 0 fully saturated rings. The fourth-order valence-corrected chi connectivity index (χ4v) is 1.22. The van der Waals surface area contributed by atoms with Gasteiger partial charge in [0.1, 0.15) is 6.33 Å². The van der Waals surface area contributed by atoms with Crippen LogP contribution in [-0.2, 0) is 0 Å². The molecule has 17 heavy (non-hydrogen) atoms. The van der Waals surface area contributed by atoms with E-state index < -0.39 is 4.92 Å². The normalized spacial score (nSPS) is 11.1. The smallest absolute Gasteiger partial charge is 0.372 e. The average Bonchev–Trinajstić information content (AvgIpc) is 2.15. The predicted octanol–water partition coefficient (Wildman–Crippen LogP) is 1.99. The maximum absolute atomic E-state index is 11.0. The van der Waals surface area contributed by atoms with Crippen molar-refractivity contribution in [1.82, 2.24) is 9.97 Å². The van der Waals surface area contributed by atoms with Crippen molar-refractivity contribution >= 4 is 11.5 Å². The summed E-state index contributed by atoms with van der Waals surface area (Å²) in [5, 5.41) is 14.0. The monoisotopic (exact) mass is 240 g/mol. The van der Waals surface area contributed by atoms with Gasteiger partial charge < -0.3 is 10.1 Å². The number of ether oxygens (including phenoxy) is 1. The van der Waals surface area contributed by atoms with Crippen LogP contribution in [0.25, 0.3) is 0 Å². The fourth-order valence-electron chi connectivity index (χ4n) is 1.22. The number of rotatable bonds is 4. The first-order valence-electron chi connectivity index (χ1n) is 5.25. The van der Waals surface area contributed by atoms with E-state index in [4.69, 9.17) is 4.74 Å². The van der Waals surface area contributed by atoms with Gasteiger partial charge in [-0.2, -0.15) is 4.98 Å². The van der Waals surface area contributed by atoms with Gasteiger partial charge in [0.15, 0.2) is 0 Å². The summed E-state index contributed by atoms with van der Waals surface area (Å²) in [6.07, 6.45) is 1.24. The number of nitro groups is 1. The van der Waals surface area contributed by atoms with Crippen molar-refractivity contribution in [3.05, 3.63) is 16.4 Å². The highest BCUT2D eigenvalue weighted by molar-refractivity contribution is 5.61. The van der Waals surface area contributed by atoms with Gasteiger partial charge in [-0.15, -0.1) is 0 Å². The molecule has 0 radical (unpaired) electrons. The third kappa shape index (κ3) is 3.54. The van der Waals surface area contributed by atoms with Crippen LogP contribution in [0.5, 0.6) is 5.88 Å². The maximum Gasteiger partial charge on any atom is 0.372 e. The van der Waals surface area contributed by atoms with Gasteiger partial charge >= 0.3 is 5.69 Å². The standard InChI is InChI=1S/C10H16N4O3/c1-5-17-9-7(14(15)16)8(11-6-12-9)13-10(2,3)4/h6H,5H2,1-4H3,(H,11,12,13). The first-order chi connectivity index (χ1) is 7.85. The zero-order chi connectivity index (χ0) is 13.1. The van der Waals surface area contributed by atoms with Crippen molar-refractivity contribution < 1.29 is 9.66 Å². The Morgan fingerprint density at radius 1 is 1.47 bits per heavy atom. The molecule has 0 aliphatic heterocycles. The number of nitrogens with one attached hydrogen (secondary N) is 1. The van der Waals surface area contributed by atoms with Gasteiger partial charge in [-0.05, 0) is 27.7 Å². The van der Waals surface area contributed by atoms with Gasteiger partial charge in [0.2, 0.25) is 5.82 Å². The zero-order valence-corrected chi connectivity index (χ0v) is 10.4. The number of hydrogen-bond donors (Lipinski definition) is 1. The molecule has 1 heterocycles. The van der Waals surface area contributed by atoms with E-state index in [0.717, 1.165) is 0 Å². The van der Waals surface area contributed by atoms with Gasteiger partial charge in [-0.1, -0.05) is 0 Å². The summed E-state index contributed by atoms with van der Waals surface area (Å²) in [5.41, 5.74) is -0.563. The molecule has 0 saturated heterocycles. The van der Waals surface area contributed by atoms with Gasteiger partial charge in [-0.3, -0.25) is 10.1 Å². The van der Waals surface area contributed by atoms with Crippen LogP contribution >= 0.6 is 0 Å². The Labute approximate surface area is 99.4 Å². The maximum atomic E-state index is 11.0. The molecule has 0 bridgehead atoms. The topological polar surface area (TPSA) is 90.2 Å². The van der Waals surface area contributed by atoms with Crippen LogP contribution in [-0.4, -0.2) is 27.0 Å². The average molecular weight is 240 g/mol. The second-order valence-electron chi connectivity index (χ2n) is 4.44. The number of nitrogens with zero attached hydrogens (tertiary/aromatic N) is 3. The lowest BCUT2D eigenvalue weighted by Crippen LogP contribution is -2.27. The summed E-state index contributed by atoms with van der Waals surface area (Å²) < 4.78 is 5.12. The van der Waals surface area contributed by atoms with E-state index in [2.05, 4.69) is 15.3 Å². The molecule has 1 aromatic rings. The van der Waals surface area contributed by atoms with Crippen LogP contribution in [0, 0.1) is 10.1 Å². The molecule has 0 spiro atoms. The van der Waals surface area contributed by atoms with Crippen LogP contribution in [0.1, 0.15) is 27.7 Å². The Balaban J connectivity index is 3.20. The van der Waals surface area contributed by atoms with E-state index in [-0.39, 0.29) is 22.9 Å². The molecule has 0 atom stereocenters. The van der Waals surface area contributed by atoms with E-state index in [1.54, 1.807) is 6.92 Å². The van der Waals surface area contributed by atoms with E-state index >= 15 is 0 Å². The SMILES string of the molecule is CCOc1ncnc(NC(C)(C)C)c1[N+](=O)[O-]. The molecule has 1 aromatic heterocycles. The van der Waals surface area contributed by atoms with Gasteiger partial charge in [0, 0.05) is 5.54 Å². The van der Waals surface area contributed by atoms with Crippen molar-refractivity contribution in [1.29, 1.82) is 0 Å². The van der Waals surface area contributed by atoms with E-state index in [9.17, 15) is 10.1 Å². The summed E-state index contributed by atoms with van der Waals surface area (Å²) in [4.78, 5) is 18.1. The minimum Gasteiger partial charge on any atom is -0.473 e. The van der Waals surface area contributed by atoms with Crippen molar-refractivity contribution in [2.75, 3.05) is 11.9 Å². The van der Waals surface area contributed by atoms with Crippen molar-refractivity contribution in [2.24, 2.45) is 0 Å². The van der Waals surface area contributed by atoms with Crippen LogP contribution in [0.2, 0.25) is 0 Å². The van der Waals surface area contributed by atoms with Gasteiger partial charge in [0.05, 0.1) is 11.5 Å². The summed E-state index contributed by atoms with van der Waals surface area (Å²) in [6, 6.07) is 0. The highest BCUT2D eigenvalue weighted by Gasteiger charge is 2.26. The first-order valence-corrected chi connectivity index (χ1v) is 5.25. The second-order valence-corrected chi connectivity index (χ2v) is 4.44. The lowest BCUT2D eigenvalue weighted by molar-refractivity contribution is -0.385. The fraction of sp³-hybridized carbons (Fsp3) is 0.600. The van der Waals surface area contributed by atoms with E-state index in [1.165, 1.54) is 6.33 Å². The second kappa shape index (κ2) is 4.94. The zero-order valence-electron chi connectivity index (χ0n) is 10.4. The third-order valence-electron chi connectivity index (χ3n) is 1.75. The van der Waals surface area contributed by atoms with Crippen LogP contribution < -0.4 is 10.1 Å². The van der Waals surface area contributed by atoms with E-state index in [1.807, 2.05) is 20.8 Å². The molecule has 0 saturated carbocycles. The van der Waals surface area contributed by atoms with Crippen LogP contribution in [0.15, 0.2) is 6.33 Å². The summed E-state index contributed by atoms with van der Waals surface area (Å²) >= 11 is 0. The number of anilines is 1. The van der Waals surface area contributed by atoms with Crippen molar-refractivity contribution in [3.63, 3.8) is 0 Å². The Bertz CT molecular complexity index is 415. The Hall–Kier alpha value is -1.92. The third-order valence-corrected chi connectivity index (χ3v) is 1.75. The molecule has 0 aliphatic rings. The molecule has 94 valence electrons. The Morgan fingerprint density at radius 3 is 2.59 bits per heavy atom. The molecule has 1 N–H and O–H groups in total. The van der Waals surface area contributed by atoms with Gasteiger partial charge in [0.25, 0.3) is 5.88 Å². The minimum atomic E-state index is -0.543. The molecule has 0 aliphatic carbocycles. The Kier molecular flexibility index (Phi) is 3.82. The molecule has 0 unspecified atom stereocenters.